The lowest BCUT2D eigenvalue weighted by molar-refractivity contribution is -0.0909. The molecule has 39 heavy (non-hydrogen) atoms. The van der Waals surface area contributed by atoms with Gasteiger partial charge < -0.3 is 14.6 Å². The Hall–Kier alpha value is -3.33. The van der Waals surface area contributed by atoms with Crippen LogP contribution < -0.4 is 0 Å². The van der Waals surface area contributed by atoms with Gasteiger partial charge in [-0.05, 0) is 93.5 Å². The summed E-state index contributed by atoms with van der Waals surface area (Å²) in [5, 5.41) is 16.2. The van der Waals surface area contributed by atoms with Crippen molar-refractivity contribution in [2.45, 2.75) is 64.1 Å². The van der Waals surface area contributed by atoms with E-state index in [0.29, 0.717) is 35.6 Å². The summed E-state index contributed by atoms with van der Waals surface area (Å²) < 4.78 is 31.0. The SMILES string of the molecule is Cc1c(-c2cc3ccc(C(C)(O)C(F)F)nc3n2CC2CC2)nn2cc(C(=O)N3CC4CC5CC3[C@H]54)ccc12. The number of aryl methyl sites for hydroxylation is 1. The lowest BCUT2D eigenvalue weighted by Crippen LogP contribution is -2.53. The van der Waals surface area contributed by atoms with Crippen molar-refractivity contribution in [3.63, 3.8) is 0 Å². The molecule has 0 aromatic carbocycles. The van der Waals surface area contributed by atoms with Gasteiger partial charge in [0.2, 0.25) is 0 Å². The van der Waals surface area contributed by atoms with Crippen LogP contribution >= 0.6 is 0 Å². The number of alkyl halides is 2. The Kier molecular flexibility index (Phi) is 4.75. The van der Waals surface area contributed by atoms with Crippen LogP contribution in [0.1, 0.15) is 54.2 Å². The Morgan fingerprint density at radius 1 is 1.18 bits per heavy atom. The molecule has 4 fully saturated rings. The van der Waals surface area contributed by atoms with Crippen molar-refractivity contribution in [1.29, 1.82) is 0 Å². The number of hydrogen-bond acceptors (Lipinski definition) is 4. The average Bonchev–Trinajstić information content (AvgIpc) is 3.57. The Morgan fingerprint density at radius 2 is 2.00 bits per heavy atom. The van der Waals surface area contributed by atoms with E-state index in [-0.39, 0.29) is 11.6 Å². The fourth-order valence-electron chi connectivity index (χ4n) is 7.37. The number of amides is 1. The van der Waals surface area contributed by atoms with Crippen LogP contribution in [-0.2, 0) is 12.1 Å². The Labute approximate surface area is 224 Å². The first-order valence-electron chi connectivity index (χ1n) is 14.0. The summed E-state index contributed by atoms with van der Waals surface area (Å²) >= 11 is 0. The summed E-state index contributed by atoms with van der Waals surface area (Å²) in [4.78, 5) is 20.1. The highest BCUT2D eigenvalue weighted by atomic mass is 19.3. The number of nitrogens with zero attached hydrogens (tertiary/aromatic N) is 5. The number of carbonyl (C=O) groups is 1. The average molecular weight is 532 g/mol. The van der Waals surface area contributed by atoms with Crippen molar-refractivity contribution in [3.05, 3.63) is 53.3 Å². The molecule has 0 spiro atoms. The molecule has 202 valence electrons. The molecule has 1 saturated heterocycles. The molecule has 3 aliphatic carbocycles. The second kappa shape index (κ2) is 7.87. The minimum absolute atomic E-state index is 0.0466. The number of hydrogen-bond donors (Lipinski definition) is 1. The molecule has 1 amide bonds. The summed E-state index contributed by atoms with van der Waals surface area (Å²) in [5.41, 5.74) is 2.39. The van der Waals surface area contributed by atoms with Crippen molar-refractivity contribution in [1.82, 2.24) is 24.1 Å². The van der Waals surface area contributed by atoms with Gasteiger partial charge in [-0.25, -0.2) is 18.3 Å². The first-order chi connectivity index (χ1) is 18.7. The van der Waals surface area contributed by atoms with Gasteiger partial charge in [0.15, 0.2) is 5.60 Å². The molecule has 9 heteroatoms. The lowest BCUT2D eigenvalue weighted by Gasteiger charge is -2.52. The van der Waals surface area contributed by atoms with E-state index in [2.05, 4.69) is 14.5 Å². The molecular formula is C30H31F2N5O2. The summed E-state index contributed by atoms with van der Waals surface area (Å²) in [6, 6.07) is 9.51. The van der Waals surface area contributed by atoms with Crippen molar-refractivity contribution in [2.24, 2.45) is 23.7 Å². The van der Waals surface area contributed by atoms with Crippen LogP contribution in [0.25, 0.3) is 27.9 Å². The van der Waals surface area contributed by atoms with Crippen molar-refractivity contribution >= 4 is 22.5 Å². The predicted molar refractivity (Wildman–Crippen MR) is 141 cm³/mol. The third-order valence-electron chi connectivity index (χ3n) is 9.97. The molecule has 4 aromatic rings. The molecule has 1 aliphatic heterocycles. The van der Waals surface area contributed by atoms with Gasteiger partial charge in [0.25, 0.3) is 12.3 Å². The topological polar surface area (TPSA) is 75.7 Å². The van der Waals surface area contributed by atoms with Gasteiger partial charge in [0.1, 0.15) is 11.3 Å². The maximum absolute atomic E-state index is 13.6. The van der Waals surface area contributed by atoms with Gasteiger partial charge in [-0.3, -0.25) is 4.79 Å². The van der Waals surface area contributed by atoms with Gasteiger partial charge in [-0.15, -0.1) is 0 Å². The number of halogens is 2. The Morgan fingerprint density at radius 3 is 2.72 bits per heavy atom. The summed E-state index contributed by atoms with van der Waals surface area (Å²) in [5.74, 6) is 2.85. The molecule has 4 unspecified atom stereocenters. The molecule has 5 atom stereocenters. The summed E-state index contributed by atoms with van der Waals surface area (Å²) in [6.45, 7) is 4.71. The maximum atomic E-state index is 13.6. The van der Waals surface area contributed by atoms with Gasteiger partial charge in [-0.1, -0.05) is 0 Å². The van der Waals surface area contributed by atoms with Gasteiger partial charge in [0, 0.05) is 36.3 Å². The van der Waals surface area contributed by atoms with Crippen LogP contribution in [-0.4, -0.2) is 54.1 Å². The molecular weight excluding hydrogens is 500 g/mol. The van der Waals surface area contributed by atoms with E-state index in [1.54, 1.807) is 10.6 Å². The van der Waals surface area contributed by atoms with Gasteiger partial charge in [-0.2, -0.15) is 5.10 Å². The zero-order chi connectivity index (χ0) is 26.8. The first kappa shape index (κ1) is 23.5. The second-order valence-corrected chi connectivity index (χ2v) is 12.5. The van der Waals surface area contributed by atoms with E-state index < -0.39 is 12.0 Å². The molecule has 3 saturated carbocycles. The van der Waals surface area contributed by atoms with E-state index in [4.69, 9.17) is 5.10 Å². The number of aromatic nitrogens is 4. The second-order valence-electron chi connectivity index (χ2n) is 12.5. The molecule has 1 N–H and O–H groups in total. The number of pyridine rings is 2. The Balaban J connectivity index is 1.20. The molecule has 8 rings (SSSR count). The van der Waals surface area contributed by atoms with E-state index >= 15 is 0 Å². The number of carbonyl (C=O) groups excluding carboxylic acids is 1. The first-order valence-corrected chi connectivity index (χ1v) is 14.0. The van der Waals surface area contributed by atoms with Crippen LogP contribution in [0.3, 0.4) is 0 Å². The third-order valence-corrected chi connectivity index (χ3v) is 9.97. The van der Waals surface area contributed by atoms with Crippen LogP contribution in [0, 0.1) is 30.6 Å². The number of fused-ring (bicyclic) bond motifs is 2. The van der Waals surface area contributed by atoms with E-state index in [0.717, 1.165) is 72.4 Å². The molecule has 4 aliphatic rings. The minimum atomic E-state index is -2.95. The van der Waals surface area contributed by atoms with Crippen LogP contribution in [0.5, 0.6) is 0 Å². The Bertz CT molecular complexity index is 1670. The zero-order valence-electron chi connectivity index (χ0n) is 22.0. The van der Waals surface area contributed by atoms with E-state index in [1.807, 2.05) is 31.3 Å². The maximum Gasteiger partial charge on any atom is 0.272 e. The predicted octanol–water partition coefficient (Wildman–Crippen LogP) is 5.02. The van der Waals surface area contributed by atoms with Crippen LogP contribution in [0.2, 0.25) is 0 Å². The largest absolute Gasteiger partial charge is 0.378 e. The molecule has 0 radical (unpaired) electrons. The van der Waals surface area contributed by atoms with E-state index in [9.17, 15) is 18.7 Å². The fraction of sp³-hybridized carbons (Fsp3) is 0.500. The standard InChI is InChI=1S/C30H31F2N5O2/c1-15-21-7-5-18(28(38)36-13-20-9-19-11-22(36)25(19)20)14-37(21)34-26(15)23-10-17-6-8-24(30(2,39)29(31)32)33-27(17)35(23)12-16-3-4-16/h5-8,10,14,16,19-20,22,25,29,39H,3-4,9,11-13H2,1-2H3/t19?,20?,22?,25-,30?/m1/s1. The smallest absolute Gasteiger partial charge is 0.272 e. The van der Waals surface area contributed by atoms with Crippen LogP contribution in [0.4, 0.5) is 8.78 Å². The molecule has 0 bridgehead atoms. The molecule has 5 heterocycles. The molecule has 4 aromatic heterocycles. The zero-order valence-corrected chi connectivity index (χ0v) is 22.0. The van der Waals surface area contributed by atoms with E-state index in [1.165, 1.54) is 12.5 Å². The van der Waals surface area contributed by atoms with Gasteiger partial charge in [0.05, 0.1) is 22.5 Å². The van der Waals surface area contributed by atoms with Crippen molar-refractivity contribution < 1.29 is 18.7 Å². The number of rotatable bonds is 6. The number of aliphatic hydroxyl groups is 1. The highest BCUT2D eigenvalue weighted by Crippen LogP contribution is 2.60. The third kappa shape index (κ3) is 3.31. The normalized spacial score (nSPS) is 27.1. The lowest BCUT2D eigenvalue weighted by atomic mass is 9.53. The number of likely N-dealkylation sites (tertiary alicyclic amines) is 1. The monoisotopic (exact) mass is 531 g/mol. The quantitative estimate of drug-likeness (QED) is 0.379. The fourth-order valence-corrected chi connectivity index (χ4v) is 7.37. The highest BCUT2D eigenvalue weighted by molar-refractivity contribution is 5.95. The highest BCUT2D eigenvalue weighted by Gasteiger charge is 2.61. The van der Waals surface area contributed by atoms with Gasteiger partial charge >= 0.3 is 0 Å². The minimum Gasteiger partial charge on any atom is -0.378 e. The van der Waals surface area contributed by atoms with Crippen molar-refractivity contribution in [2.75, 3.05) is 6.54 Å². The van der Waals surface area contributed by atoms with Crippen molar-refractivity contribution in [3.8, 4) is 11.4 Å². The molecule has 7 nitrogen and oxygen atoms in total. The summed E-state index contributed by atoms with van der Waals surface area (Å²) in [7, 11) is 0. The van der Waals surface area contributed by atoms with Crippen LogP contribution in [0.15, 0.2) is 36.5 Å². The summed E-state index contributed by atoms with van der Waals surface area (Å²) in [6.07, 6.45) is 3.54.